The van der Waals surface area contributed by atoms with Gasteiger partial charge in [-0.05, 0) is 31.9 Å². The fourth-order valence-corrected chi connectivity index (χ4v) is 1.73. The average Bonchev–Trinajstić information content (AvgIpc) is 2.40. The number of aliphatic hydroxyl groups is 1. The number of aliphatic hydroxyl groups excluding tert-OH is 1. The molecular weight excluding hydrogens is 230 g/mol. The van der Waals surface area contributed by atoms with E-state index >= 15 is 0 Å². The molecule has 1 heterocycles. The van der Waals surface area contributed by atoms with Gasteiger partial charge in [0.1, 0.15) is 5.82 Å². The lowest BCUT2D eigenvalue weighted by Gasteiger charge is -2.31. The van der Waals surface area contributed by atoms with Crippen LogP contribution in [0.4, 0.5) is 11.5 Å². The summed E-state index contributed by atoms with van der Waals surface area (Å²) in [5.74, 6) is 1.10. The van der Waals surface area contributed by atoms with Gasteiger partial charge in [0.25, 0.3) is 0 Å². The summed E-state index contributed by atoms with van der Waals surface area (Å²) in [6.07, 6.45) is 1.63. The lowest BCUT2D eigenvalue weighted by atomic mass is 9.94. The fourth-order valence-electron chi connectivity index (χ4n) is 1.73. The van der Waals surface area contributed by atoms with Crippen LogP contribution in [0.3, 0.4) is 0 Å². The maximum absolute atomic E-state index is 9.52. The van der Waals surface area contributed by atoms with E-state index in [1.165, 1.54) is 0 Å². The summed E-state index contributed by atoms with van der Waals surface area (Å²) in [5.41, 5.74) is 5.95. The standard InChI is InChI=1S/C13H23N3O2/c1-4-13(5-2,9-17)16-11-8-7-10(14)12(15-11)18-6-3/h7-8,17H,4-6,9,14H2,1-3H3,(H,15,16). The van der Waals surface area contributed by atoms with E-state index in [-0.39, 0.29) is 12.1 Å². The summed E-state index contributed by atoms with van der Waals surface area (Å²) >= 11 is 0. The van der Waals surface area contributed by atoms with Gasteiger partial charge in [-0.1, -0.05) is 13.8 Å². The zero-order chi connectivity index (χ0) is 13.6. The van der Waals surface area contributed by atoms with Gasteiger partial charge in [-0.2, -0.15) is 4.98 Å². The first kappa shape index (κ1) is 14.6. The minimum atomic E-state index is -0.341. The Morgan fingerprint density at radius 2 is 2.00 bits per heavy atom. The minimum Gasteiger partial charge on any atom is -0.476 e. The smallest absolute Gasteiger partial charge is 0.239 e. The van der Waals surface area contributed by atoms with Crippen LogP contribution >= 0.6 is 0 Å². The number of anilines is 2. The average molecular weight is 253 g/mol. The molecule has 1 aromatic heterocycles. The molecule has 1 aromatic rings. The molecule has 0 aromatic carbocycles. The molecule has 0 bridgehead atoms. The van der Waals surface area contributed by atoms with Gasteiger partial charge in [0.2, 0.25) is 5.88 Å². The molecule has 4 N–H and O–H groups in total. The number of ether oxygens (including phenoxy) is 1. The van der Waals surface area contributed by atoms with E-state index < -0.39 is 0 Å². The molecule has 0 unspecified atom stereocenters. The summed E-state index contributed by atoms with van der Waals surface area (Å²) in [4.78, 5) is 4.32. The lowest BCUT2D eigenvalue weighted by Crippen LogP contribution is -2.41. The molecule has 5 heteroatoms. The van der Waals surface area contributed by atoms with Gasteiger partial charge in [0.05, 0.1) is 24.4 Å². The van der Waals surface area contributed by atoms with Crippen molar-refractivity contribution in [3.05, 3.63) is 12.1 Å². The molecular formula is C13H23N3O2. The number of rotatable bonds is 7. The van der Waals surface area contributed by atoms with Crippen LogP contribution in [0.15, 0.2) is 12.1 Å². The Labute approximate surface area is 108 Å². The highest BCUT2D eigenvalue weighted by Crippen LogP contribution is 2.25. The predicted octanol–water partition coefficient (Wildman–Crippen LogP) is 2.03. The van der Waals surface area contributed by atoms with E-state index in [4.69, 9.17) is 10.5 Å². The molecule has 0 saturated carbocycles. The number of aromatic nitrogens is 1. The third-order valence-corrected chi connectivity index (χ3v) is 3.22. The highest BCUT2D eigenvalue weighted by atomic mass is 16.5. The number of nitrogens with two attached hydrogens (primary N) is 1. The van der Waals surface area contributed by atoms with Crippen molar-refractivity contribution in [3.63, 3.8) is 0 Å². The van der Waals surface area contributed by atoms with Gasteiger partial charge < -0.3 is 20.9 Å². The number of nitrogen functional groups attached to an aromatic ring is 1. The quantitative estimate of drug-likeness (QED) is 0.692. The van der Waals surface area contributed by atoms with Crippen LogP contribution in [0, 0.1) is 0 Å². The minimum absolute atomic E-state index is 0.0655. The van der Waals surface area contributed by atoms with Crippen molar-refractivity contribution >= 4 is 11.5 Å². The molecule has 0 fully saturated rings. The van der Waals surface area contributed by atoms with Crippen LogP contribution in [0.5, 0.6) is 5.88 Å². The third kappa shape index (κ3) is 3.26. The van der Waals surface area contributed by atoms with Gasteiger partial charge in [-0.3, -0.25) is 0 Å². The van der Waals surface area contributed by atoms with Crippen LogP contribution in [-0.2, 0) is 0 Å². The molecule has 0 aliphatic rings. The Morgan fingerprint density at radius 1 is 1.33 bits per heavy atom. The highest BCUT2D eigenvalue weighted by molar-refractivity contribution is 5.54. The Bertz CT molecular complexity index is 370. The lowest BCUT2D eigenvalue weighted by molar-refractivity contribution is 0.202. The zero-order valence-electron chi connectivity index (χ0n) is 11.4. The number of nitrogens with one attached hydrogen (secondary N) is 1. The highest BCUT2D eigenvalue weighted by Gasteiger charge is 2.25. The molecule has 0 spiro atoms. The number of pyridine rings is 1. The molecule has 102 valence electrons. The molecule has 18 heavy (non-hydrogen) atoms. The maximum Gasteiger partial charge on any atom is 0.239 e. The molecule has 0 aliphatic carbocycles. The molecule has 0 atom stereocenters. The normalized spacial score (nSPS) is 11.3. The Kier molecular flexibility index (Phi) is 5.22. The largest absolute Gasteiger partial charge is 0.476 e. The van der Waals surface area contributed by atoms with E-state index in [0.717, 1.165) is 12.8 Å². The first-order chi connectivity index (χ1) is 8.60. The van der Waals surface area contributed by atoms with Crippen molar-refractivity contribution in [2.45, 2.75) is 39.2 Å². The predicted molar refractivity (Wildman–Crippen MR) is 73.8 cm³/mol. The Hall–Kier alpha value is -1.49. The van der Waals surface area contributed by atoms with E-state index in [2.05, 4.69) is 10.3 Å². The van der Waals surface area contributed by atoms with Gasteiger partial charge in [-0.15, -0.1) is 0 Å². The van der Waals surface area contributed by atoms with Crippen LogP contribution in [-0.4, -0.2) is 28.8 Å². The monoisotopic (exact) mass is 253 g/mol. The van der Waals surface area contributed by atoms with E-state index in [0.29, 0.717) is 24.0 Å². The number of hydrogen-bond acceptors (Lipinski definition) is 5. The van der Waals surface area contributed by atoms with Gasteiger partial charge in [-0.25, -0.2) is 0 Å². The Balaban J connectivity index is 2.93. The fraction of sp³-hybridized carbons (Fsp3) is 0.615. The molecule has 0 amide bonds. The van der Waals surface area contributed by atoms with Gasteiger partial charge in [0, 0.05) is 0 Å². The number of nitrogens with zero attached hydrogens (tertiary/aromatic N) is 1. The van der Waals surface area contributed by atoms with Crippen molar-refractivity contribution in [2.24, 2.45) is 0 Å². The SMILES string of the molecule is CCOc1nc(NC(CC)(CC)CO)ccc1N. The molecule has 0 radical (unpaired) electrons. The van der Waals surface area contributed by atoms with Gasteiger partial charge >= 0.3 is 0 Å². The third-order valence-electron chi connectivity index (χ3n) is 3.22. The van der Waals surface area contributed by atoms with Crippen molar-refractivity contribution in [2.75, 3.05) is 24.3 Å². The summed E-state index contributed by atoms with van der Waals surface area (Å²) in [7, 11) is 0. The topological polar surface area (TPSA) is 80.4 Å². The van der Waals surface area contributed by atoms with Crippen molar-refractivity contribution in [1.82, 2.24) is 4.98 Å². The number of hydrogen-bond donors (Lipinski definition) is 3. The summed E-state index contributed by atoms with van der Waals surface area (Å²) < 4.78 is 5.35. The second kappa shape index (κ2) is 6.44. The maximum atomic E-state index is 9.52. The summed E-state index contributed by atoms with van der Waals surface area (Å²) in [6.45, 7) is 6.54. The van der Waals surface area contributed by atoms with E-state index in [1.54, 1.807) is 12.1 Å². The second-order valence-corrected chi connectivity index (χ2v) is 4.29. The van der Waals surface area contributed by atoms with Crippen molar-refractivity contribution < 1.29 is 9.84 Å². The first-order valence-corrected chi connectivity index (χ1v) is 6.39. The zero-order valence-corrected chi connectivity index (χ0v) is 11.4. The van der Waals surface area contributed by atoms with Crippen LogP contribution in [0.2, 0.25) is 0 Å². The molecule has 0 saturated heterocycles. The first-order valence-electron chi connectivity index (χ1n) is 6.39. The molecule has 1 rings (SSSR count). The van der Waals surface area contributed by atoms with Crippen LogP contribution in [0.25, 0.3) is 0 Å². The van der Waals surface area contributed by atoms with Crippen LogP contribution < -0.4 is 15.8 Å². The molecule has 0 aliphatic heterocycles. The van der Waals surface area contributed by atoms with Crippen molar-refractivity contribution in [3.8, 4) is 5.88 Å². The van der Waals surface area contributed by atoms with Crippen molar-refractivity contribution in [1.29, 1.82) is 0 Å². The summed E-state index contributed by atoms with van der Waals surface area (Å²) in [6, 6.07) is 3.56. The van der Waals surface area contributed by atoms with Crippen LogP contribution in [0.1, 0.15) is 33.6 Å². The van der Waals surface area contributed by atoms with Gasteiger partial charge in [0.15, 0.2) is 0 Å². The van der Waals surface area contributed by atoms with E-state index in [9.17, 15) is 5.11 Å². The summed E-state index contributed by atoms with van der Waals surface area (Å²) in [5, 5.41) is 12.8. The van der Waals surface area contributed by atoms with E-state index in [1.807, 2.05) is 20.8 Å². The molecule has 5 nitrogen and oxygen atoms in total. The second-order valence-electron chi connectivity index (χ2n) is 4.29. The Morgan fingerprint density at radius 3 is 2.50 bits per heavy atom.